The second-order valence-corrected chi connectivity index (χ2v) is 4.86. The lowest BCUT2D eigenvalue weighted by molar-refractivity contribution is 0.0696. The fourth-order valence-electron chi connectivity index (χ4n) is 1.75. The topological polar surface area (TPSA) is 86.6 Å². The highest BCUT2D eigenvalue weighted by molar-refractivity contribution is 6.34. The SMILES string of the molecule is Cc1cc(C(=O)Nc2cc(C(=O)O)ccc2Cl)ccc1O. The molecule has 108 valence electrons. The minimum Gasteiger partial charge on any atom is -0.508 e. The van der Waals surface area contributed by atoms with Gasteiger partial charge in [-0.15, -0.1) is 0 Å². The number of carbonyl (C=O) groups is 2. The summed E-state index contributed by atoms with van der Waals surface area (Å²) in [6.45, 7) is 1.67. The molecule has 0 saturated carbocycles. The third-order valence-electron chi connectivity index (χ3n) is 2.92. The van der Waals surface area contributed by atoms with Crippen molar-refractivity contribution in [1.29, 1.82) is 0 Å². The number of phenolic OH excluding ortho intramolecular Hbond substituents is 1. The molecule has 0 aliphatic heterocycles. The average molecular weight is 306 g/mol. The van der Waals surface area contributed by atoms with Gasteiger partial charge in [-0.05, 0) is 48.9 Å². The summed E-state index contributed by atoms with van der Waals surface area (Å²) >= 11 is 5.94. The van der Waals surface area contributed by atoms with Gasteiger partial charge in [-0.3, -0.25) is 4.79 Å². The van der Waals surface area contributed by atoms with Crippen molar-refractivity contribution in [1.82, 2.24) is 0 Å². The van der Waals surface area contributed by atoms with Gasteiger partial charge in [0.15, 0.2) is 0 Å². The van der Waals surface area contributed by atoms with Crippen LogP contribution in [0.5, 0.6) is 5.75 Å². The van der Waals surface area contributed by atoms with Crippen LogP contribution in [0.15, 0.2) is 36.4 Å². The van der Waals surface area contributed by atoms with Crippen molar-refractivity contribution in [2.75, 3.05) is 5.32 Å². The Morgan fingerprint density at radius 3 is 2.38 bits per heavy atom. The van der Waals surface area contributed by atoms with Gasteiger partial charge in [0.2, 0.25) is 0 Å². The molecule has 0 bridgehead atoms. The maximum Gasteiger partial charge on any atom is 0.335 e. The van der Waals surface area contributed by atoms with Crippen LogP contribution in [0.4, 0.5) is 5.69 Å². The predicted octanol–water partition coefficient (Wildman–Crippen LogP) is 3.30. The Kier molecular flexibility index (Phi) is 4.14. The van der Waals surface area contributed by atoms with Gasteiger partial charge in [-0.1, -0.05) is 11.6 Å². The number of carboxylic acids is 1. The zero-order chi connectivity index (χ0) is 15.6. The third-order valence-corrected chi connectivity index (χ3v) is 3.25. The smallest absolute Gasteiger partial charge is 0.335 e. The monoisotopic (exact) mass is 305 g/mol. The highest BCUT2D eigenvalue weighted by Gasteiger charge is 2.12. The van der Waals surface area contributed by atoms with Crippen LogP contribution >= 0.6 is 11.6 Å². The molecule has 21 heavy (non-hydrogen) atoms. The molecule has 0 aromatic heterocycles. The van der Waals surface area contributed by atoms with Gasteiger partial charge in [0.25, 0.3) is 5.91 Å². The quantitative estimate of drug-likeness (QED) is 0.812. The minimum absolute atomic E-state index is 0.0246. The van der Waals surface area contributed by atoms with Crippen LogP contribution in [0, 0.1) is 6.92 Å². The summed E-state index contributed by atoms with van der Waals surface area (Å²) in [7, 11) is 0. The summed E-state index contributed by atoms with van der Waals surface area (Å²) in [5.41, 5.74) is 1.14. The fourth-order valence-corrected chi connectivity index (χ4v) is 1.91. The van der Waals surface area contributed by atoms with Crippen molar-refractivity contribution in [2.24, 2.45) is 0 Å². The summed E-state index contributed by atoms with van der Waals surface area (Å²) in [4.78, 5) is 23.0. The second-order valence-electron chi connectivity index (χ2n) is 4.46. The van der Waals surface area contributed by atoms with E-state index in [0.29, 0.717) is 11.1 Å². The fraction of sp³-hybridized carbons (Fsp3) is 0.0667. The van der Waals surface area contributed by atoms with Crippen LogP contribution < -0.4 is 5.32 Å². The number of amides is 1. The summed E-state index contributed by atoms with van der Waals surface area (Å²) in [6.07, 6.45) is 0. The molecule has 1 amide bonds. The molecule has 0 saturated heterocycles. The van der Waals surface area contributed by atoms with E-state index in [4.69, 9.17) is 16.7 Å². The van der Waals surface area contributed by atoms with Gasteiger partial charge in [-0.25, -0.2) is 4.79 Å². The lowest BCUT2D eigenvalue weighted by Gasteiger charge is -2.09. The molecular weight excluding hydrogens is 294 g/mol. The number of carbonyl (C=O) groups excluding carboxylic acids is 1. The van der Waals surface area contributed by atoms with E-state index < -0.39 is 11.9 Å². The van der Waals surface area contributed by atoms with Crippen LogP contribution in [0.1, 0.15) is 26.3 Å². The van der Waals surface area contributed by atoms with Gasteiger partial charge < -0.3 is 15.5 Å². The van der Waals surface area contributed by atoms with Crippen LogP contribution in [-0.2, 0) is 0 Å². The normalized spacial score (nSPS) is 10.2. The van der Waals surface area contributed by atoms with Crippen molar-refractivity contribution in [3.8, 4) is 5.75 Å². The molecule has 0 heterocycles. The average Bonchev–Trinajstić information content (AvgIpc) is 2.43. The first-order chi connectivity index (χ1) is 9.88. The van der Waals surface area contributed by atoms with E-state index in [-0.39, 0.29) is 22.0 Å². The Labute approximate surface area is 125 Å². The number of phenols is 1. The molecule has 2 aromatic rings. The molecule has 0 radical (unpaired) electrons. The number of nitrogens with one attached hydrogen (secondary N) is 1. The highest BCUT2D eigenvalue weighted by Crippen LogP contribution is 2.24. The molecule has 2 rings (SSSR count). The molecule has 3 N–H and O–H groups in total. The van der Waals surface area contributed by atoms with Crippen molar-refractivity contribution >= 4 is 29.2 Å². The van der Waals surface area contributed by atoms with Gasteiger partial charge in [0.05, 0.1) is 16.3 Å². The molecule has 6 heteroatoms. The van der Waals surface area contributed by atoms with Crippen molar-refractivity contribution in [3.05, 3.63) is 58.1 Å². The Morgan fingerprint density at radius 1 is 1.10 bits per heavy atom. The molecular formula is C15H12ClNO4. The van der Waals surface area contributed by atoms with Gasteiger partial charge in [-0.2, -0.15) is 0 Å². The Bertz CT molecular complexity index is 728. The van der Waals surface area contributed by atoms with Gasteiger partial charge >= 0.3 is 5.97 Å². The molecule has 0 spiro atoms. The maximum atomic E-state index is 12.1. The maximum absolute atomic E-state index is 12.1. The Balaban J connectivity index is 2.28. The number of carboxylic acid groups (broad SMARTS) is 1. The number of halogens is 1. The number of hydrogen-bond donors (Lipinski definition) is 3. The summed E-state index contributed by atoms with van der Waals surface area (Å²) in [5, 5.41) is 21.2. The van der Waals surface area contributed by atoms with E-state index in [0.717, 1.165) is 0 Å². The summed E-state index contributed by atoms with van der Waals surface area (Å²) in [5.74, 6) is -1.46. The second kappa shape index (κ2) is 5.85. The number of benzene rings is 2. The Morgan fingerprint density at radius 2 is 1.76 bits per heavy atom. The number of aryl methyl sites for hydroxylation is 1. The molecule has 0 fully saturated rings. The van der Waals surface area contributed by atoms with Gasteiger partial charge in [0, 0.05) is 5.56 Å². The summed E-state index contributed by atoms with van der Waals surface area (Å²) < 4.78 is 0. The largest absolute Gasteiger partial charge is 0.508 e. The zero-order valence-corrected chi connectivity index (χ0v) is 11.8. The molecule has 0 aliphatic rings. The molecule has 2 aromatic carbocycles. The van der Waals surface area contributed by atoms with E-state index in [2.05, 4.69) is 5.32 Å². The van der Waals surface area contributed by atoms with Crippen LogP contribution in [0.25, 0.3) is 0 Å². The first kappa shape index (κ1) is 14.9. The number of aromatic hydroxyl groups is 1. The first-order valence-corrected chi connectivity index (χ1v) is 6.40. The molecule has 0 atom stereocenters. The predicted molar refractivity (Wildman–Crippen MR) is 79.2 cm³/mol. The first-order valence-electron chi connectivity index (χ1n) is 6.02. The van der Waals surface area contributed by atoms with E-state index in [1.807, 2.05) is 0 Å². The number of rotatable bonds is 3. The lowest BCUT2D eigenvalue weighted by atomic mass is 10.1. The van der Waals surface area contributed by atoms with Crippen LogP contribution in [0.3, 0.4) is 0 Å². The van der Waals surface area contributed by atoms with E-state index in [1.54, 1.807) is 6.92 Å². The molecule has 5 nitrogen and oxygen atoms in total. The zero-order valence-electron chi connectivity index (χ0n) is 11.1. The highest BCUT2D eigenvalue weighted by atomic mass is 35.5. The minimum atomic E-state index is -1.11. The van der Waals surface area contributed by atoms with Crippen LogP contribution in [-0.4, -0.2) is 22.1 Å². The third kappa shape index (κ3) is 3.32. The van der Waals surface area contributed by atoms with E-state index in [1.165, 1.54) is 36.4 Å². The van der Waals surface area contributed by atoms with Crippen molar-refractivity contribution < 1.29 is 19.8 Å². The summed E-state index contributed by atoms with van der Waals surface area (Å²) in [6, 6.07) is 8.45. The number of hydrogen-bond acceptors (Lipinski definition) is 3. The van der Waals surface area contributed by atoms with E-state index >= 15 is 0 Å². The Hall–Kier alpha value is -2.53. The van der Waals surface area contributed by atoms with Crippen molar-refractivity contribution in [3.63, 3.8) is 0 Å². The number of aromatic carboxylic acids is 1. The molecule has 0 aliphatic carbocycles. The lowest BCUT2D eigenvalue weighted by Crippen LogP contribution is -2.13. The molecule has 0 unspecified atom stereocenters. The van der Waals surface area contributed by atoms with E-state index in [9.17, 15) is 14.7 Å². The van der Waals surface area contributed by atoms with Crippen LogP contribution in [0.2, 0.25) is 5.02 Å². The van der Waals surface area contributed by atoms with Gasteiger partial charge in [0.1, 0.15) is 5.75 Å². The standard InChI is InChI=1S/C15H12ClNO4/c1-8-6-9(3-5-13(8)18)14(19)17-12-7-10(15(20)21)2-4-11(12)16/h2-7,18H,1H3,(H,17,19)(H,20,21). The number of anilines is 1. The van der Waals surface area contributed by atoms with Crippen molar-refractivity contribution in [2.45, 2.75) is 6.92 Å².